The van der Waals surface area contributed by atoms with E-state index in [9.17, 15) is 14.4 Å². The molecule has 2 heterocycles. The summed E-state index contributed by atoms with van der Waals surface area (Å²) in [5.74, 6) is -0.823. The van der Waals surface area contributed by atoms with Crippen LogP contribution < -0.4 is 10.6 Å². The van der Waals surface area contributed by atoms with Crippen molar-refractivity contribution < 1.29 is 23.9 Å². The van der Waals surface area contributed by atoms with E-state index in [0.29, 0.717) is 47.8 Å². The summed E-state index contributed by atoms with van der Waals surface area (Å²) in [5, 5.41) is 5.69. The van der Waals surface area contributed by atoms with Gasteiger partial charge in [-0.3, -0.25) is 9.59 Å². The molecule has 0 radical (unpaired) electrons. The van der Waals surface area contributed by atoms with Gasteiger partial charge >= 0.3 is 5.97 Å². The topological polar surface area (TPSA) is 110 Å². The molecule has 3 N–H and O–H groups in total. The standard InChI is InChI=1S/C25H31N3O5/c1-4-6-10-32-11-9-26-23(29)14-17-7-8-21-18(13-17)19(24(30)28-21)15-22-20(12-16(3)27-22)25(31)33-5-2/h7-8,12-13,15,27H,4-6,9-11,14H2,1-3H3,(H,26,29)(H,28,30)/b19-15-. The molecule has 2 amide bonds. The summed E-state index contributed by atoms with van der Waals surface area (Å²) in [5.41, 5.74) is 4.23. The molecule has 33 heavy (non-hydrogen) atoms. The Bertz CT molecular complexity index is 1050. The van der Waals surface area contributed by atoms with Crippen molar-refractivity contribution in [3.63, 3.8) is 0 Å². The lowest BCUT2D eigenvalue weighted by molar-refractivity contribution is -0.120. The minimum absolute atomic E-state index is 0.110. The van der Waals surface area contributed by atoms with Crippen LogP contribution in [0.4, 0.5) is 5.69 Å². The number of amides is 2. The lowest BCUT2D eigenvalue weighted by Crippen LogP contribution is -2.28. The molecule has 176 valence electrons. The van der Waals surface area contributed by atoms with Crippen molar-refractivity contribution in [1.82, 2.24) is 10.3 Å². The Morgan fingerprint density at radius 1 is 1.15 bits per heavy atom. The summed E-state index contributed by atoms with van der Waals surface area (Å²) in [7, 11) is 0. The molecule has 8 heteroatoms. The van der Waals surface area contributed by atoms with E-state index >= 15 is 0 Å². The number of anilines is 1. The van der Waals surface area contributed by atoms with E-state index in [-0.39, 0.29) is 24.8 Å². The van der Waals surface area contributed by atoms with Crippen molar-refractivity contribution >= 4 is 35.1 Å². The Morgan fingerprint density at radius 2 is 1.97 bits per heavy atom. The van der Waals surface area contributed by atoms with Crippen LogP contribution in [0.25, 0.3) is 11.6 Å². The average molecular weight is 454 g/mol. The fourth-order valence-corrected chi connectivity index (χ4v) is 3.59. The molecule has 0 unspecified atom stereocenters. The van der Waals surface area contributed by atoms with Crippen LogP contribution in [0.3, 0.4) is 0 Å². The van der Waals surface area contributed by atoms with Crippen molar-refractivity contribution in [2.45, 2.75) is 40.0 Å². The zero-order valence-electron chi connectivity index (χ0n) is 19.4. The molecule has 0 fully saturated rings. The van der Waals surface area contributed by atoms with Crippen LogP contribution >= 0.6 is 0 Å². The molecular formula is C25H31N3O5. The molecule has 1 aliphatic heterocycles. The van der Waals surface area contributed by atoms with Gasteiger partial charge in [0, 0.05) is 30.1 Å². The zero-order valence-corrected chi connectivity index (χ0v) is 19.4. The molecule has 1 aromatic carbocycles. The molecule has 1 aromatic heterocycles. The molecule has 0 aliphatic carbocycles. The van der Waals surface area contributed by atoms with Crippen LogP contribution in [-0.4, -0.2) is 49.1 Å². The first-order valence-corrected chi connectivity index (χ1v) is 11.3. The summed E-state index contributed by atoms with van der Waals surface area (Å²) in [6.45, 7) is 7.58. The maximum Gasteiger partial charge on any atom is 0.340 e. The fraction of sp³-hybridized carbons (Fsp3) is 0.400. The number of aryl methyl sites for hydroxylation is 1. The normalized spacial score (nSPS) is 13.7. The largest absolute Gasteiger partial charge is 0.462 e. The van der Waals surface area contributed by atoms with Crippen molar-refractivity contribution in [3.8, 4) is 0 Å². The van der Waals surface area contributed by atoms with Gasteiger partial charge in [-0.25, -0.2) is 4.79 Å². The number of aromatic nitrogens is 1. The number of carbonyl (C=O) groups is 3. The van der Waals surface area contributed by atoms with Gasteiger partial charge in [0.25, 0.3) is 5.91 Å². The minimum Gasteiger partial charge on any atom is -0.462 e. The van der Waals surface area contributed by atoms with Gasteiger partial charge in [0.2, 0.25) is 5.91 Å². The van der Waals surface area contributed by atoms with Gasteiger partial charge in [0.15, 0.2) is 0 Å². The van der Waals surface area contributed by atoms with E-state index in [4.69, 9.17) is 9.47 Å². The lowest BCUT2D eigenvalue weighted by atomic mass is 10.0. The summed E-state index contributed by atoms with van der Waals surface area (Å²) in [6, 6.07) is 7.14. The second-order valence-electron chi connectivity index (χ2n) is 7.88. The summed E-state index contributed by atoms with van der Waals surface area (Å²) >= 11 is 0. The highest BCUT2D eigenvalue weighted by Crippen LogP contribution is 2.34. The number of esters is 1. The zero-order chi connectivity index (χ0) is 23.8. The minimum atomic E-state index is -0.448. The highest BCUT2D eigenvalue weighted by atomic mass is 16.5. The molecule has 0 bridgehead atoms. The van der Waals surface area contributed by atoms with Crippen molar-refractivity contribution in [3.05, 3.63) is 52.3 Å². The molecule has 0 saturated heterocycles. The summed E-state index contributed by atoms with van der Waals surface area (Å²) in [4.78, 5) is 40.3. The monoisotopic (exact) mass is 453 g/mol. The number of unbranched alkanes of at least 4 members (excludes halogenated alkanes) is 1. The number of hydrogen-bond acceptors (Lipinski definition) is 5. The number of ether oxygens (including phenoxy) is 2. The van der Waals surface area contributed by atoms with Crippen LogP contribution in [0.5, 0.6) is 0 Å². The van der Waals surface area contributed by atoms with Crippen LogP contribution in [-0.2, 0) is 25.5 Å². The quantitative estimate of drug-likeness (QED) is 0.274. The van der Waals surface area contributed by atoms with E-state index in [1.54, 1.807) is 25.1 Å². The van der Waals surface area contributed by atoms with E-state index < -0.39 is 5.97 Å². The highest BCUT2D eigenvalue weighted by molar-refractivity contribution is 6.35. The molecule has 1 aliphatic rings. The third-order valence-corrected chi connectivity index (χ3v) is 5.21. The number of H-pyrrole nitrogens is 1. The Labute approximate surface area is 193 Å². The maximum atomic E-state index is 12.6. The molecule has 3 rings (SSSR count). The van der Waals surface area contributed by atoms with E-state index in [1.807, 2.05) is 19.1 Å². The molecule has 2 aromatic rings. The molecule has 0 spiro atoms. The first-order chi connectivity index (χ1) is 15.9. The summed E-state index contributed by atoms with van der Waals surface area (Å²) < 4.78 is 10.6. The summed E-state index contributed by atoms with van der Waals surface area (Å²) in [6.07, 6.45) is 3.93. The van der Waals surface area contributed by atoms with E-state index in [2.05, 4.69) is 22.5 Å². The molecule has 8 nitrogen and oxygen atoms in total. The van der Waals surface area contributed by atoms with Crippen molar-refractivity contribution in [1.29, 1.82) is 0 Å². The average Bonchev–Trinajstić information content (AvgIpc) is 3.30. The van der Waals surface area contributed by atoms with Gasteiger partial charge in [0.1, 0.15) is 0 Å². The number of nitrogens with one attached hydrogen (secondary N) is 3. The van der Waals surface area contributed by atoms with Gasteiger partial charge in [-0.05, 0) is 50.1 Å². The number of fused-ring (bicyclic) bond motifs is 1. The second-order valence-corrected chi connectivity index (χ2v) is 7.88. The third kappa shape index (κ3) is 6.32. The van der Waals surface area contributed by atoms with Crippen LogP contribution in [0.2, 0.25) is 0 Å². The fourth-order valence-electron chi connectivity index (χ4n) is 3.59. The van der Waals surface area contributed by atoms with Crippen LogP contribution in [0, 0.1) is 6.92 Å². The van der Waals surface area contributed by atoms with Crippen molar-refractivity contribution in [2.24, 2.45) is 0 Å². The molecule has 0 saturated carbocycles. The second kappa shape index (κ2) is 11.5. The number of rotatable bonds is 11. The van der Waals surface area contributed by atoms with Gasteiger partial charge in [-0.1, -0.05) is 19.4 Å². The van der Waals surface area contributed by atoms with Crippen molar-refractivity contribution in [2.75, 3.05) is 31.7 Å². The Balaban J connectivity index is 1.73. The lowest BCUT2D eigenvalue weighted by Gasteiger charge is -2.08. The Hall–Kier alpha value is -3.39. The Kier molecular flexibility index (Phi) is 8.43. The van der Waals surface area contributed by atoms with E-state index in [1.165, 1.54) is 0 Å². The Morgan fingerprint density at radius 3 is 2.73 bits per heavy atom. The van der Waals surface area contributed by atoms with E-state index in [0.717, 1.165) is 24.1 Å². The number of benzene rings is 1. The predicted octanol–water partition coefficient (Wildman–Crippen LogP) is 3.47. The van der Waals surface area contributed by atoms with Gasteiger partial charge in [-0.2, -0.15) is 0 Å². The van der Waals surface area contributed by atoms with Crippen LogP contribution in [0.1, 0.15) is 59.6 Å². The predicted molar refractivity (Wildman–Crippen MR) is 127 cm³/mol. The van der Waals surface area contributed by atoms with Gasteiger partial charge in [0.05, 0.1) is 36.5 Å². The van der Waals surface area contributed by atoms with Gasteiger partial charge in [-0.15, -0.1) is 0 Å². The number of carbonyl (C=O) groups excluding carboxylic acids is 3. The SMILES string of the molecule is CCCCOCCNC(=O)Cc1ccc2c(c1)/C(=C/c1[nH]c(C)cc1C(=O)OCC)C(=O)N2. The third-order valence-electron chi connectivity index (χ3n) is 5.21. The smallest absolute Gasteiger partial charge is 0.340 e. The highest BCUT2D eigenvalue weighted by Gasteiger charge is 2.26. The molecular weight excluding hydrogens is 422 g/mol. The van der Waals surface area contributed by atoms with Crippen LogP contribution in [0.15, 0.2) is 24.3 Å². The number of aromatic amines is 1. The first kappa shape index (κ1) is 24.3. The first-order valence-electron chi connectivity index (χ1n) is 11.3. The van der Waals surface area contributed by atoms with Gasteiger partial charge < -0.3 is 25.1 Å². The number of hydrogen-bond donors (Lipinski definition) is 3. The molecule has 0 atom stereocenters. The maximum absolute atomic E-state index is 12.6.